The van der Waals surface area contributed by atoms with E-state index >= 15 is 0 Å². The van der Waals surface area contributed by atoms with E-state index < -0.39 is 19.8 Å². The van der Waals surface area contributed by atoms with E-state index in [9.17, 15) is 9.59 Å². The van der Waals surface area contributed by atoms with Gasteiger partial charge in [-0.25, -0.2) is 4.57 Å². The van der Waals surface area contributed by atoms with Gasteiger partial charge in [0.15, 0.2) is 0 Å². The lowest BCUT2D eigenvalue weighted by atomic mass is 10.1. The standard InChI is InChI=1S/C7H14N2O3.H3O4P/c1-2-9-6(10)4-3-5(8)7(11)12;1-5(2,3)4/h5H,2-4,8H2,1H3,(H,9,10)(H,11,12);(H3,1,2,3,4)/t5-;/m0./s1. The molecule has 0 bridgehead atoms. The normalized spacial score (nSPS) is 12.1. The van der Waals surface area contributed by atoms with Gasteiger partial charge >= 0.3 is 13.8 Å². The molecule has 0 heterocycles. The molecule has 102 valence electrons. The van der Waals surface area contributed by atoms with Crippen LogP contribution in [0.4, 0.5) is 0 Å². The quantitative estimate of drug-likeness (QED) is 0.324. The number of carboxylic acid groups (broad SMARTS) is 1. The predicted octanol–water partition coefficient (Wildman–Crippen LogP) is -1.61. The van der Waals surface area contributed by atoms with Crippen molar-refractivity contribution >= 4 is 19.7 Å². The third-order valence-corrected chi connectivity index (χ3v) is 1.37. The maximum atomic E-state index is 10.8. The fraction of sp³-hybridized carbons (Fsp3) is 0.714. The summed E-state index contributed by atoms with van der Waals surface area (Å²) in [6.45, 7) is 2.36. The molecule has 7 N–H and O–H groups in total. The molecule has 10 heteroatoms. The second-order valence-corrected chi connectivity index (χ2v) is 3.98. The highest BCUT2D eigenvalue weighted by atomic mass is 31.2. The van der Waals surface area contributed by atoms with Crippen molar-refractivity contribution in [1.29, 1.82) is 0 Å². The Bertz CT molecular complexity index is 282. The van der Waals surface area contributed by atoms with Crippen molar-refractivity contribution < 1.29 is 33.9 Å². The first-order valence-corrected chi connectivity index (χ1v) is 6.17. The number of hydrogen-bond donors (Lipinski definition) is 6. The van der Waals surface area contributed by atoms with Crippen LogP contribution in [0.25, 0.3) is 0 Å². The zero-order chi connectivity index (χ0) is 14.1. The summed E-state index contributed by atoms with van der Waals surface area (Å²) in [6.07, 6.45) is 0.350. The smallest absolute Gasteiger partial charge is 0.466 e. The minimum absolute atomic E-state index is 0.158. The number of amides is 1. The molecular weight excluding hydrogens is 255 g/mol. The third-order valence-electron chi connectivity index (χ3n) is 1.37. The largest absolute Gasteiger partial charge is 0.480 e. The molecule has 0 radical (unpaired) electrons. The number of carbonyl (C=O) groups is 2. The number of nitrogens with one attached hydrogen (secondary N) is 1. The summed E-state index contributed by atoms with van der Waals surface area (Å²) < 4.78 is 8.88. The first kappa shape index (κ1) is 18.4. The van der Waals surface area contributed by atoms with Gasteiger partial charge < -0.3 is 30.8 Å². The van der Waals surface area contributed by atoms with Crippen molar-refractivity contribution in [2.45, 2.75) is 25.8 Å². The average molecular weight is 272 g/mol. The Morgan fingerprint density at radius 1 is 1.35 bits per heavy atom. The maximum Gasteiger partial charge on any atom is 0.466 e. The molecule has 0 rings (SSSR count). The summed E-state index contributed by atoms with van der Waals surface area (Å²) >= 11 is 0. The highest BCUT2D eigenvalue weighted by Gasteiger charge is 2.12. The molecule has 17 heavy (non-hydrogen) atoms. The average Bonchev–Trinajstić information content (AvgIpc) is 2.11. The first-order chi connectivity index (χ1) is 7.57. The number of aliphatic carboxylic acids is 1. The van der Waals surface area contributed by atoms with Crippen LogP contribution >= 0.6 is 7.82 Å². The van der Waals surface area contributed by atoms with E-state index in [0.29, 0.717) is 6.54 Å². The van der Waals surface area contributed by atoms with Gasteiger partial charge in [-0.2, -0.15) is 0 Å². The lowest BCUT2D eigenvalue weighted by Crippen LogP contribution is -2.32. The van der Waals surface area contributed by atoms with Crippen LogP contribution in [0, 0.1) is 0 Å². The second kappa shape index (κ2) is 9.08. The molecule has 0 aromatic rings. The molecule has 1 atom stereocenters. The zero-order valence-electron chi connectivity index (χ0n) is 9.24. The van der Waals surface area contributed by atoms with Crippen LogP contribution in [0.1, 0.15) is 19.8 Å². The van der Waals surface area contributed by atoms with Crippen LogP contribution in [-0.2, 0) is 14.2 Å². The molecule has 0 aliphatic carbocycles. The van der Waals surface area contributed by atoms with Gasteiger partial charge in [0.05, 0.1) is 0 Å². The number of rotatable bonds is 5. The predicted molar refractivity (Wildman–Crippen MR) is 57.8 cm³/mol. The SMILES string of the molecule is CCNC(=O)CC[C@H](N)C(=O)O.O=P(O)(O)O. The monoisotopic (exact) mass is 272 g/mol. The van der Waals surface area contributed by atoms with Crippen LogP contribution in [-0.4, -0.2) is 44.2 Å². The minimum atomic E-state index is -4.64. The van der Waals surface area contributed by atoms with E-state index in [0.717, 1.165) is 0 Å². The Morgan fingerprint density at radius 2 is 1.76 bits per heavy atom. The van der Waals surface area contributed by atoms with Crippen LogP contribution in [0.2, 0.25) is 0 Å². The number of hydrogen-bond acceptors (Lipinski definition) is 4. The van der Waals surface area contributed by atoms with Gasteiger partial charge in [0.1, 0.15) is 6.04 Å². The highest BCUT2D eigenvalue weighted by molar-refractivity contribution is 7.45. The summed E-state index contributed by atoms with van der Waals surface area (Å²) in [5.41, 5.74) is 5.18. The molecule has 1 amide bonds. The maximum absolute atomic E-state index is 10.8. The van der Waals surface area contributed by atoms with E-state index in [1.165, 1.54) is 0 Å². The van der Waals surface area contributed by atoms with Crippen molar-refractivity contribution in [3.8, 4) is 0 Å². The van der Waals surface area contributed by atoms with Crippen molar-refractivity contribution in [2.24, 2.45) is 5.73 Å². The molecule has 9 nitrogen and oxygen atoms in total. The summed E-state index contributed by atoms with van der Waals surface area (Å²) in [7, 11) is -4.64. The molecular formula is C7H17N2O7P. The molecule has 0 fully saturated rings. The van der Waals surface area contributed by atoms with Crippen molar-refractivity contribution in [1.82, 2.24) is 5.32 Å². The molecule has 0 unspecified atom stereocenters. The van der Waals surface area contributed by atoms with Gasteiger partial charge in [-0.15, -0.1) is 0 Å². The molecule has 0 aliphatic heterocycles. The molecule has 0 saturated carbocycles. The Kier molecular flexibility index (Phi) is 9.82. The van der Waals surface area contributed by atoms with E-state index in [2.05, 4.69) is 5.32 Å². The van der Waals surface area contributed by atoms with Gasteiger partial charge in [-0.3, -0.25) is 9.59 Å². The van der Waals surface area contributed by atoms with Gasteiger partial charge in [0.25, 0.3) is 0 Å². The summed E-state index contributed by atoms with van der Waals surface area (Å²) in [5.74, 6) is -1.23. The Hall–Kier alpha value is -0.990. The van der Waals surface area contributed by atoms with Gasteiger partial charge in [-0.05, 0) is 13.3 Å². The lowest BCUT2D eigenvalue weighted by Gasteiger charge is -2.05. The zero-order valence-corrected chi connectivity index (χ0v) is 10.1. The Morgan fingerprint density at radius 3 is 2.06 bits per heavy atom. The molecule has 0 aromatic heterocycles. The van der Waals surface area contributed by atoms with E-state index in [1.807, 2.05) is 0 Å². The summed E-state index contributed by atoms with van der Waals surface area (Å²) in [4.78, 5) is 42.6. The fourth-order valence-electron chi connectivity index (χ4n) is 0.696. The van der Waals surface area contributed by atoms with E-state index in [4.69, 9.17) is 30.1 Å². The van der Waals surface area contributed by atoms with Crippen LogP contribution in [0.3, 0.4) is 0 Å². The third kappa shape index (κ3) is 21.0. The number of carboxylic acids is 1. The number of phosphoric acid groups is 1. The highest BCUT2D eigenvalue weighted by Crippen LogP contribution is 2.25. The first-order valence-electron chi connectivity index (χ1n) is 4.61. The number of nitrogens with two attached hydrogens (primary N) is 1. The Balaban J connectivity index is 0. The topological polar surface area (TPSA) is 170 Å². The molecule has 0 spiro atoms. The second-order valence-electron chi connectivity index (χ2n) is 2.95. The van der Waals surface area contributed by atoms with Crippen molar-refractivity contribution in [2.75, 3.05) is 6.54 Å². The van der Waals surface area contributed by atoms with Gasteiger partial charge in [0, 0.05) is 13.0 Å². The van der Waals surface area contributed by atoms with Crippen molar-refractivity contribution in [3.05, 3.63) is 0 Å². The van der Waals surface area contributed by atoms with Crippen LogP contribution in [0.5, 0.6) is 0 Å². The summed E-state index contributed by atoms with van der Waals surface area (Å²) in [6, 6.07) is -0.937. The molecule has 0 aliphatic rings. The lowest BCUT2D eigenvalue weighted by molar-refractivity contribution is -0.138. The Labute approximate surface area is 97.9 Å². The summed E-state index contributed by atoms with van der Waals surface area (Å²) in [5, 5.41) is 10.9. The minimum Gasteiger partial charge on any atom is -0.480 e. The van der Waals surface area contributed by atoms with Crippen molar-refractivity contribution in [3.63, 3.8) is 0 Å². The number of carbonyl (C=O) groups excluding carboxylic acids is 1. The van der Waals surface area contributed by atoms with Crippen LogP contribution < -0.4 is 11.1 Å². The fourth-order valence-corrected chi connectivity index (χ4v) is 0.696. The van der Waals surface area contributed by atoms with Gasteiger partial charge in [-0.1, -0.05) is 0 Å². The van der Waals surface area contributed by atoms with Gasteiger partial charge in [0.2, 0.25) is 5.91 Å². The molecule has 0 aromatic carbocycles. The molecule has 0 saturated heterocycles. The van der Waals surface area contributed by atoms with E-state index in [1.54, 1.807) is 6.92 Å². The van der Waals surface area contributed by atoms with E-state index in [-0.39, 0.29) is 18.7 Å². The van der Waals surface area contributed by atoms with Crippen LogP contribution in [0.15, 0.2) is 0 Å².